The molecule has 0 aliphatic carbocycles. The predicted molar refractivity (Wildman–Crippen MR) is 39.0 cm³/mol. The number of pyridine rings is 1. The standard InChI is InChI=1S/C7H5ClF3N/c1-4-6(8)2-5(3-12-4)7(9,10)11/h2-3H,1H3. The normalized spacial score (nSPS) is 11.8. The summed E-state index contributed by atoms with van der Waals surface area (Å²) in [5.41, 5.74) is -0.428. The van der Waals surface area contributed by atoms with Gasteiger partial charge in [0.05, 0.1) is 16.3 Å². The summed E-state index contributed by atoms with van der Waals surface area (Å²) in [5, 5.41) is 0.0322. The maximum Gasteiger partial charge on any atom is 0.417 e. The van der Waals surface area contributed by atoms with Crippen LogP contribution in [0.25, 0.3) is 0 Å². The lowest BCUT2D eigenvalue weighted by atomic mass is 10.2. The maximum absolute atomic E-state index is 12.0. The number of hydrogen-bond donors (Lipinski definition) is 0. The van der Waals surface area contributed by atoms with Gasteiger partial charge in [-0.1, -0.05) is 11.6 Å². The molecule has 0 N–H and O–H groups in total. The van der Waals surface area contributed by atoms with E-state index in [1.807, 2.05) is 0 Å². The smallest absolute Gasteiger partial charge is 0.259 e. The van der Waals surface area contributed by atoms with Crippen molar-refractivity contribution in [2.24, 2.45) is 0 Å². The van der Waals surface area contributed by atoms with Gasteiger partial charge in [0.2, 0.25) is 0 Å². The third-order valence-corrected chi connectivity index (χ3v) is 1.74. The van der Waals surface area contributed by atoms with E-state index >= 15 is 0 Å². The van der Waals surface area contributed by atoms with Crippen LogP contribution in [0.15, 0.2) is 12.3 Å². The first-order valence-electron chi connectivity index (χ1n) is 3.10. The van der Waals surface area contributed by atoms with Gasteiger partial charge < -0.3 is 0 Å². The van der Waals surface area contributed by atoms with Crippen molar-refractivity contribution in [1.29, 1.82) is 0 Å². The molecule has 5 heteroatoms. The van der Waals surface area contributed by atoms with Crippen molar-refractivity contribution in [3.63, 3.8) is 0 Å². The minimum atomic E-state index is -4.37. The molecule has 1 rings (SSSR count). The van der Waals surface area contributed by atoms with E-state index < -0.39 is 11.7 Å². The minimum absolute atomic E-state index is 0.0322. The Balaban J connectivity index is 3.14. The molecule has 0 fully saturated rings. The van der Waals surface area contributed by atoms with Crippen LogP contribution in [0.4, 0.5) is 13.2 Å². The average molecular weight is 196 g/mol. The quantitative estimate of drug-likeness (QED) is 0.620. The Hall–Kier alpha value is -0.770. The Bertz CT molecular complexity index is 295. The SMILES string of the molecule is Cc1ncc(C(F)(F)F)cc1Cl. The Morgan fingerprint density at radius 3 is 2.42 bits per heavy atom. The fraction of sp³-hybridized carbons (Fsp3) is 0.286. The van der Waals surface area contributed by atoms with Gasteiger partial charge in [-0.05, 0) is 13.0 Å². The lowest BCUT2D eigenvalue weighted by Gasteiger charge is -2.06. The molecule has 1 aromatic rings. The molecule has 0 saturated heterocycles. The van der Waals surface area contributed by atoms with Crippen LogP contribution in [0.1, 0.15) is 11.3 Å². The molecular weight excluding hydrogens is 191 g/mol. The summed E-state index contributed by atoms with van der Waals surface area (Å²) >= 11 is 5.46. The van der Waals surface area contributed by atoms with E-state index in [2.05, 4.69) is 4.98 Å². The van der Waals surface area contributed by atoms with Crippen molar-refractivity contribution in [3.05, 3.63) is 28.5 Å². The molecule has 0 aliphatic rings. The molecule has 1 aromatic heterocycles. The number of aryl methyl sites for hydroxylation is 1. The summed E-state index contributed by atoms with van der Waals surface area (Å²) in [6, 6.07) is 0.865. The van der Waals surface area contributed by atoms with Crippen LogP contribution in [0.5, 0.6) is 0 Å². The number of alkyl halides is 3. The first-order valence-corrected chi connectivity index (χ1v) is 3.48. The van der Waals surface area contributed by atoms with Gasteiger partial charge in [0, 0.05) is 6.20 Å². The van der Waals surface area contributed by atoms with E-state index in [9.17, 15) is 13.2 Å². The lowest BCUT2D eigenvalue weighted by molar-refractivity contribution is -0.137. The number of nitrogens with zero attached hydrogens (tertiary/aromatic N) is 1. The Kier molecular flexibility index (Phi) is 2.28. The van der Waals surface area contributed by atoms with Gasteiger partial charge in [-0.3, -0.25) is 4.98 Å². The summed E-state index contributed by atoms with van der Waals surface area (Å²) in [6.45, 7) is 1.54. The topological polar surface area (TPSA) is 12.9 Å². The highest BCUT2D eigenvalue weighted by molar-refractivity contribution is 6.31. The van der Waals surface area contributed by atoms with Gasteiger partial charge in [-0.2, -0.15) is 13.2 Å². The molecule has 1 heterocycles. The first-order chi connectivity index (χ1) is 5.41. The van der Waals surface area contributed by atoms with E-state index in [1.165, 1.54) is 0 Å². The molecule has 0 amide bonds. The van der Waals surface area contributed by atoms with E-state index in [4.69, 9.17) is 11.6 Å². The highest BCUT2D eigenvalue weighted by Gasteiger charge is 2.31. The molecule has 0 saturated carbocycles. The van der Waals surface area contributed by atoms with Gasteiger partial charge in [-0.15, -0.1) is 0 Å². The lowest BCUT2D eigenvalue weighted by Crippen LogP contribution is -2.05. The van der Waals surface area contributed by atoms with E-state index in [-0.39, 0.29) is 5.02 Å². The molecule has 0 bridgehead atoms. The van der Waals surface area contributed by atoms with Crippen LogP contribution in [0.2, 0.25) is 5.02 Å². The predicted octanol–water partition coefficient (Wildman–Crippen LogP) is 3.06. The zero-order valence-electron chi connectivity index (χ0n) is 6.11. The maximum atomic E-state index is 12.0. The van der Waals surface area contributed by atoms with Crippen LogP contribution in [0.3, 0.4) is 0 Å². The summed E-state index contributed by atoms with van der Waals surface area (Å²) < 4.78 is 36.0. The van der Waals surface area contributed by atoms with Crippen LogP contribution in [-0.2, 0) is 6.18 Å². The second kappa shape index (κ2) is 2.94. The molecule has 66 valence electrons. The van der Waals surface area contributed by atoms with Crippen LogP contribution < -0.4 is 0 Å². The Morgan fingerprint density at radius 1 is 1.42 bits per heavy atom. The second-order valence-corrected chi connectivity index (χ2v) is 2.70. The van der Waals surface area contributed by atoms with Crippen molar-refractivity contribution in [1.82, 2.24) is 4.98 Å². The molecule has 0 aliphatic heterocycles. The van der Waals surface area contributed by atoms with E-state index in [1.54, 1.807) is 6.92 Å². The van der Waals surface area contributed by atoms with Crippen molar-refractivity contribution < 1.29 is 13.2 Å². The van der Waals surface area contributed by atoms with Gasteiger partial charge >= 0.3 is 6.18 Å². The molecule has 0 radical (unpaired) electrons. The average Bonchev–Trinajstić information content (AvgIpc) is 1.92. The third-order valence-electron chi connectivity index (χ3n) is 1.35. The van der Waals surface area contributed by atoms with Gasteiger partial charge in [0.1, 0.15) is 0 Å². The number of aromatic nitrogens is 1. The third kappa shape index (κ3) is 1.88. The van der Waals surface area contributed by atoms with Crippen LogP contribution in [0, 0.1) is 6.92 Å². The molecule has 12 heavy (non-hydrogen) atoms. The monoisotopic (exact) mass is 195 g/mol. The van der Waals surface area contributed by atoms with Crippen LogP contribution >= 0.6 is 11.6 Å². The van der Waals surface area contributed by atoms with Crippen molar-refractivity contribution in [3.8, 4) is 0 Å². The second-order valence-electron chi connectivity index (χ2n) is 2.29. The molecular formula is C7H5ClF3N. The number of rotatable bonds is 0. The van der Waals surface area contributed by atoms with Crippen molar-refractivity contribution in [2.75, 3.05) is 0 Å². The summed E-state index contributed by atoms with van der Waals surface area (Å²) in [6.07, 6.45) is -3.61. The molecule has 1 nitrogen and oxygen atoms in total. The fourth-order valence-corrected chi connectivity index (χ4v) is 0.828. The van der Waals surface area contributed by atoms with Crippen molar-refractivity contribution in [2.45, 2.75) is 13.1 Å². The van der Waals surface area contributed by atoms with Crippen LogP contribution in [-0.4, -0.2) is 4.98 Å². The molecule has 0 atom stereocenters. The largest absolute Gasteiger partial charge is 0.417 e. The molecule has 0 unspecified atom stereocenters. The van der Waals surface area contributed by atoms with E-state index in [0.29, 0.717) is 5.69 Å². The highest BCUT2D eigenvalue weighted by atomic mass is 35.5. The zero-order valence-corrected chi connectivity index (χ0v) is 6.87. The Labute approximate surface area is 72.2 Å². The van der Waals surface area contributed by atoms with E-state index in [0.717, 1.165) is 12.3 Å². The van der Waals surface area contributed by atoms with Gasteiger partial charge in [-0.25, -0.2) is 0 Å². The van der Waals surface area contributed by atoms with Gasteiger partial charge in [0.25, 0.3) is 0 Å². The number of hydrogen-bond acceptors (Lipinski definition) is 1. The fourth-order valence-electron chi connectivity index (χ4n) is 0.661. The summed E-state index contributed by atoms with van der Waals surface area (Å²) in [4.78, 5) is 3.49. The zero-order chi connectivity index (χ0) is 9.35. The summed E-state index contributed by atoms with van der Waals surface area (Å²) in [7, 11) is 0. The Morgan fingerprint density at radius 2 is 2.00 bits per heavy atom. The molecule has 0 spiro atoms. The van der Waals surface area contributed by atoms with Crippen molar-refractivity contribution >= 4 is 11.6 Å². The number of halogens is 4. The summed E-state index contributed by atoms with van der Waals surface area (Å²) in [5.74, 6) is 0. The molecule has 0 aromatic carbocycles. The van der Waals surface area contributed by atoms with Gasteiger partial charge in [0.15, 0.2) is 0 Å². The first kappa shape index (κ1) is 9.32. The minimum Gasteiger partial charge on any atom is -0.259 e. The highest BCUT2D eigenvalue weighted by Crippen LogP contribution is 2.30.